The molecule has 2 heterocycles. The fraction of sp³-hybridized carbons (Fsp3) is 1.00. The van der Waals surface area contributed by atoms with Crippen molar-refractivity contribution in [2.24, 2.45) is 0 Å². The average Bonchev–Trinajstić information content (AvgIpc) is 2.16. The lowest BCUT2D eigenvalue weighted by atomic mass is 10.0. The first-order valence-electron chi connectivity index (χ1n) is 5.94. The Morgan fingerprint density at radius 1 is 1.27 bits per heavy atom. The quantitative estimate of drug-likeness (QED) is 0.694. The highest BCUT2D eigenvalue weighted by Gasteiger charge is 2.27. The summed E-state index contributed by atoms with van der Waals surface area (Å²) in [5, 5.41) is 9.21. The van der Waals surface area contributed by atoms with E-state index in [1.165, 1.54) is 25.9 Å². The molecular formula is C11H23N3O. The van der Waals surface area contributed by atoms with E-state index in [-0.39, 0.29) is 6.10 Å². The van der Waals surface area contributed by atoms with Gasteiger partial charge in [-0.25, -0.2) is 0 Å². The van der Waals surface area contributed by atoms with E-state index < -0.39 is 0 Å². The van der Waals surface area contributed by atoms with Crippen molar-refractivity contribution in [1.82, 2.24) is 14.7 Å². The van der Waals surface area contributed by atoms with Gasteiger partial charge in [-0.1, -0.05) is 0 Å². The molecule has 2 aliphatic rings. The summed E-state index contributed by atoms with van der Waals surface area (Å²) in [6.45, 7) is 5.18. The molecule has 0 aromatic rings. The lowest BCUT2D eigenvalue weighted by Crippen LogP contribution is -2.56. The summed E-state index contributed by atoms with van der Waals surface area (Å²) in [5.41, 5.74) is 0. The summed E-state index contributed by atoms with van der Waals surface area (Å²) in [5.74, 6) is 0. The van der Waals surface area contributed by atoms with E-state index >= 15 is 0 Å². The molecule has 0 aliphatic carbocycles. The minimum Gasteiger partial charge on any atom is -0.390 e. The Kier molecular flexibility index (Phi) is 3.61. The predicted molar refractivity (Wildman–Crippen MR) is 60.7 cm³/mol. The molecule has 2 saturated heterocycles. The van der Waals surface area contributed by atoms with Crippen LogP contribution in [0.15, 0.2) is 0 Å². The van der Waals surface area contributed by atoms with E-state index in [1.807, 2.05) is 0 Å². The zero-order valence-corrected chi connectivity index (χ0v) is 9.89. The Morgan fingerprint density at radius 2 is 1.87 bits per heavy atom. The molecule has 0 aromatic heterocycles. The minimum absolute atomic E-state index is 0.0733. The summed E-state index contributed by atoms with van der Waals surface area (Å²) in [4.78, 5) is 7.15. The van der Waals surface area contributed by atoms with Gasteiger partial charge >= 0.3 is 0 Å². The maximum absolute atomic E-state index is 9.21. The second-order valence-corrected chi connectivity index (χ2v) is 5.12. The van der Waals surface area contributed by atoms with Crippen LogP contribution in [0.2, 0.25) is 0 Å². The van der Waals surface area contributed by atoms with Crippen molar-refractivity contribution in [3.63, 3.8) is 0 Å². The Hall–Kier alpha value is -0.160. The molecule has 15 heavy (non-hydrogen) atoms. The third kappa shape index (κ3) is 2.91. The maximum atomic E-state index is 9.21. The monoisotopic (exact) mass is 213 g/mol. The van der Waals surface area contributed by atoms with Crippen molar-refractivity contribution < 1.29 is 5.11 Å². The van der Waals surface area contributed by atoms with Crippen LogP contribution in [0.4, 0.5) is 0 Å². The van der Waals surface area contributed by atoms with Crippen molar-refractivity contribution >= 4 is 0 Å². The Balaban J connectivity index is 1.69. The van der Waals surface area contributed by atoms with Crippen LogP contribution in [0.1, 0.15) is 12.8 Å². The highest BCUT2D eigenvalue weighted by molar-refractivity contribution is 4.81. The smallest absolute Gasteiger partial charge is 0.0794 e. The van der Waals surface area contributed by atoms with Crippen LogP contribution in [0, 0.1) is 0 Å². The Labute approximate surface area is 92.5 Å². The molecule has 0 radical (unpaired) electrons. The van der Waals surface area contributed by atoms with Crippen LogP contribution in [0.3, 0.4) is 0 Å². The second kappa shape index (κ2) is 4.78. The Morgan fingerprint density at radius 3 is 2.40 bits per heavy atom. The van der Waals surface area contributed by atoms with Crippen LogP contribution in [0.25, 0.3) is 0 Å². The standard InChI is InChI=1S/C11H23N3O/c1-12-5-3-10(4-6-12)13(2)9-14-7-11(15)8-14/h10-11,15H,3-9H2,1-2H3. The number of aliphatic hydroxyl groups excluding tert-OH is 1. The predicted octanol–water partition coefficient (Wildman–Crippen LogP) is -0.354. The van der Waals surface area contributed by atoms with Gasteiger partial charge in [0, 0.05) is 19.1 Å². The molecule has 0 spiro atoms. The van der Waals surface area contributed by atoms with Gasteiger partial charge in [-0.15, -0.1) is 0 Å². The lowest BCUT2D eigenvalue weighted by Gasteiger charge is -2.42. The third-order valence-corrected chi connectivity index (χ3v) is 3.67. The van der Waals surface area contributed by atoms with Crippen LogP contribution < -0.4 is 0 Å². The molecule has 0 aromatic carbocycles. The molecule has 0 saturated carbocycles. The fourth-order valence-electron chi connectivity index (χ4n) is 2.52. The van der Waals surface area contributed by atoms with E-state index in [0.717, 1.165) is 25.8 Å². The van der Waals surface area contributed by atoms with E-state index in [0.29, 0.717) is 0 Å². The molecule has 0 amide bonds. The van der Waals surface area contributed by atoms with Gasteiger partial charge in [-0.3, -0.25) is 9.80 Å². The van der Waals surface area contributed by atoms with Crippen molar-refractivity contribution in [2.45, 2.75) is 25.0 Å². The van der Waals surface area contributed by atoms with Gasteiger partial charge in [0.1, 0.15) is 0 Å². The fourth-order valence-corrected chi connectivity index (χ4v) is 2.52. The summed E-state index contributed by atoms with van der Waals surface area (Å²) in [6, 6.07) is 0.735. The number of piperidine rings is 1. The topological polar surface area (TPSA) is 30.0 Å². The Bertz CT molecular complexity index is 198. The molecule has 2 rings (SSSR count). The van der Waals surface area contributed by atoms with Crippen molar-refractivity contribution in [3.05, 3.63) is 0 Å². The largest absolute Gasteiger partial charge is 0.390 e. The molecule has 0 atom stereocenters. The van der Waals surface area contributed by atoms with Crippen LogP contribution in [-0.4, -0.2) is 78.9 Å². The number of β-amino-alcohol motifs (C(OH)–C–C–N with tert-alkyl or cyclic N) is 1. The van der Waals surface area contributed by atoms with Crippen LogP contribution in [-0.2, 0) is 0 Å². The summed E-state index contributed by atoms with van der Waals surface area (Å²) < 4.78 is 0. The van der Waals surface area contributed by atoms with Gasteiger partial charge < -0.3 is 10.0 Å². The van der Waals surface area contributed by atoms with Crippen molar-refractivity contribution in [1.29, 1.82) is 0 Å². The number of likely N-dealkylation sites (tertiary alicyclic amines) is 2. The first-order valence-corrected chi connectivity index (χ1v) is 5.94. The first kappa shape index (κ1) is 11.3. The van der Waals surface area contributed by atoms with Gasteiger partial charge in [-0.05, 0) is 40.0 Å². The molecule has 1 N–H and O–H groups in total. The number of hydrogen-bond acceptors (Lipinski definition) is 4. The van der Waals surface area contributed by atoms with E-state index in [9.17, 15) is 5.11 Å². The summed E-state index contributed by atoms with van der Waals surface area (Å²) in [7, 11) is 4.41. The van der Waals surface area contributed by atoms with Gasteiger partial charge in [0.15, 0.2) is 0 Å². The average molecular weight is 213 g/mol. The van der Waals surface area contributed by atoms with E-state index in [4.69, 9.17) is 0 Å². The number of hydrogen-bond donors (Lipinski definition) is 1. The first-order chi connectivity index (χ1) is 7.15. The number of nitrogens with zero attached hydrogens (tertiary/aromatic N) is 3. The van der Waals surface area contributed by atoms with Crippen molar-refractivity contribution in [3.8, 4) is 0 Å². The summed E-state index contributed by atoms with van der Waals surface area (Å²) in [6.07, 6.45) is 2.49. The molecular weight excluding hydrogens is 190 g/mol. The van der Waals surface area contributed by atoms with Gasteiger partial charge in [-0.2, -0.15) is 0 Å². The molecule has 0 unspecified atom stereocenters. The zero-order chi connectivity index (χ0) is 10.8. The molecule has 4 heteroatoms. The van der Waals surface area contributed by atoms with Crippen molar-refractivity contribution in [2.75, 3.05) is 46.9 Å². The second-order valence-electron chi connectivity index (χ2n) is 5.12. The molecule has 2 fully saturated rings. The normalized spacial score (nSPS) is 27.2. The van der Waals surface area contributed by atoms with Gasteiger partial charge in [0.25, 0.3) is 0 Å². The van der Waals surface area contributed by atoms with Crippen LogP contribution >= 0.6 is 0 Å². The molecule has 2 aliphatic heterocycles. The van der Waals surface area contributed by atoms with Gasteiger partial charge in [0.05, 0.1) is 12.8 Å². The third-order valence-electron chi connectivity index (χ3n) is 3.67. The molecule has 4 nitrogen and oxygen atoms in total. The molecule has 88 valence electrons. The van der Waals surface area contributed by atoms with E-state index in [1.54, 1.807) is 0 Å². The highest BCUT2D eigenvalue weighted by Crippen LogP contribution is 2.16. The summed E-state index contributed by atoms with van der Waals surface area (Å²) >= 11 is 0. The SMILES string of the molecule is CN1CCC(N(C)CN2CC(O)C2)CC1. The van der Waals surface area contributed by atoms with Crippen LogP contribution in [0.5, 0.6) is 0 Å². The number of aliphatic hydroxyl groups is 1. The zero-order valence-electron chi connectivity index (χ0n) is 9.89. The highest BCUT2D eigenvalue weighted by atomic mass is 16.3. The number of rotatable bonds is 3. The minimum atomic E-state index is -0.0733. The maximum Gasteiger partial charge on any atom is 0.0794 e. The van der Waals surface area contributed by atoms with Gasteiger partial charge in [0.2, 0.25) is 0 Å². The molecule has 0 bridgehead atoms. The van der Waals surface area contributed by atoms with E-state index in [2.05, 4.69) is 28.8 Å². The lowest BCUT2D eigenvalue weighted by molar-refractivity contribution is -0.0364.